The predicted octanol–water partition coefficient (Wildman–Crippen LogP) is 2.02. The number of aromatic amines is 2. The second kappa shape index (κ2) is 5.07. The summed E-state index contributed by atoms with van der Waals surface area (Å²) in [6.45, 7) is 2.39. The Morgan fingerprint density at radius 2 is 1.90 bits per heavy atom. The van der Waals surface area contributed by atoms with Crippen LogP contribution in [0.1, 0.15) is 19.3 Å². The van der Waals surface area contributed by atoms with Crippen LogP contribution in [0.3, 0.4) is 0 Å². The summed E-state index contributed by atoms with van der Waals surface area (Å²) < 4.78 is 0. The maximum atomic E-state index is 11.1. The van der Waals surface area contributed by atoms with Crippen molar-refractivity contribution in [3.05, 3.63) is 40.7 Å². The monoisotopic (exact) mass is 284 g/mol. The molecule has 110 valence electrons. The van der Waals surface area contributed by atoms with E-state index >= 15 is 0 Å². The molecule has 1 aliphatic heterocycles. The van der Waals surface area contributed by atoms with Crippen LogP contribution in [-0.2, 0) is 0 Å². The van der Waals surface area contributed by atoms with Gasteiger partial charge in [0.15, 0.2) is 0 Å². The summed E-state index contributed by atoms with van der Waals surface area (Å²) in [5.41, 5.74) is 2.90. The molecule has 1 aromatic heterocycles. The van der Waals surface area contributed by atoms with Crippen LogP contribution in [0.2, 0.25) is 0 Å². The van der Waals surface area contributed by atoms with Crippen LogP contribution in [0.15, 0.2) is 35.1 Å². The lowest BCUT2D eigenvalue weighted by Crippen LogP contribution is -2.27. The average molecular weight is 284 g/mol. The number of anilines is 1. The van der Waals surface area contributed by atoms with Crippen LogP contribution in [0.4, 0.5) is 5.69 Å². The molecular weight excluding hydrogens is 264 g/mol. The van der Waals surface area contributed by atoms with Gasteiger partial charge >= 0.3 is 0 Å². The topological polar surface area (TPSA) is 63.9 Å². The number of hydrogen-bond donors (Lipinski definition) is 3. The molecule has 1 aromatic carbocycles. The SMILES string of the molecule is O=c1cc(-c2ccc(NC3CCN(C4CC4)C3)cc2)[nH][nH]1. The fraction of sp³-hybridized carbons (Fsp3) is 0.438. The highest BCUT2D eigenvalue weighted by atomic mass is 16.1. The van der Waals surface area contributed by atoms with Gasteiger partial charge in [0, 0.05) is 36.9 Å². The largest absolute Gasteiger partial charge is 0.381 e. The quantitative estimate of drug-likeness (QED) is 0.805. The molecule has 2 aromatic rings. The van der Waals surface area contributed by atoms with Crippen molar-refractivity contribution < 1.29 is 0 Å². The van der Waals surface area contributed by atoms with Gasteiger partial charge in [-0.05, 0) is 37.0 Å². The van der Waals surface area contributed by atoms with E-state index in [0.717, 1.165) is 29.5 Å². The maximum absolute atomic E-state index is 11.1. The smallest absolute Gasteiger partial charge is 0.264 e. The Balaban J connectivity index is 1.41. The van der Waals surface area contributed by atoms with Crippen molar-refractivity contribution in [2.45, 2.75) is 31.3 Å². The van der Waals surface area contributed by atoms with E-state index in [9.17, 15) is 4.79 Å². The van der Waals surface area contributed by atoms with Gasteiger partial charge < -0.3 is 5.32 Å². The third-order valence-corrected chi connectivity index (χ3v) is 4.45. The molecule has 1 saturated heterocycles. The van der Waals surface area contributed by atoms with Crippen molar-refractivity contribution in [1.82, 2.24) is 15.1 Å². The molecule has 1 saturated carbocycles. The summed E-state index contributed by atoms with van der Waals surface area (Å²) in [5.74, 6) is 0. The zero-order valence-electron chi connectivity index (χ0n) is 11.9. The van der Waals surface area contributed by atoms with Crippen LogP contribution >= 0.6 is 0 Å². The van der Waals surface area contributed by atoms with E-state index in [1.807, 2.05) is 12.1 Å². The summed E-state index contributed by atoms with van der Waals surface area (Å²) in [7, 11) is 0. The Morgan fingerprint density at radius 1 is 1.10 bits per heavy atom. The number of nitrogens with one attached hydrogen (secondary N) is 3. The second-order valence-electron chi connectivity index (χ2n) is 6.11. The van der Waals surface area contributed by atoms with E-state index in [4.69, 9.17) is 0 Å². The van der Waals surface area contributed by atoms with E-state index in [-0.39, 0.29) is 5.56 Å². The van der Waals surface area contributed by atoms with Crippen molar-refractivity contribution >= 4 is 5.69 Å². The maximum Gasteiger partial charge on any atom is 0.264 e. The minimum atomic E-state index is -0.0988. The van der Waals surface area contributed by atoms with Crippen LogP contribution in [0.25, 0.3) is 11.3 Å². The highest BCUT2D eigenvalue weighted by molar-refractivity contribution is 5.62. The number of rotatable bonds is 4. The molecule has 4 rings (SSSR count). The van der Waals surface area contributed by atoms with Gasteiger partial charge in [-0.2, -0.15) is 0 Å². The number of nitrogens with zero attached hydrogens (tertiary/aromatic N) is 1. The Hall–Kier alpha value is -2.01. The van der Waals surface area contributed by atoms with E-state index in [1.54, 1.807) is 6.07 Å². The molecule has 5 heteroatoms. The van der Waals surface area contributed by atoms with Gasteiger partial charge in [0.05, 0.1) is 5.69 Å². The second-order valence-corrected chi connectivity index (χ2v) is 6.11. The summed E-state index contributed by atoms with van der Waals surface area (Å²) >= 11 is 0. The first kappa shape index (κ1) is 12.7. The molecular formula is C16H20N4O. The lowest BCUT2D eigenvalue weighted by Gasteiger charge is -2.16. The molecule has 21 heavy (non-hydrogen) atoms. The van der Waals surface area contributed by atoms with Crippen molar-refractivity contribution in [3.8, 4) is 11.3 Å². The van der Waals surface area contributed by atoms with Gasteiger partial charge in [0.2, 0.25) is 0 Å². The van der Waals surface area contributed by atoms with Crippen LogP contribution in [0.5, 0.6) is 0 Å². The van der Waals surface area contributed by atoms with Gasteiger partial charge in [-0.3, -0.25) is 19.9 Å². The van der Waals surface area contributed by atoms with Crippen LogP contribution in [0, 0.1) is 0 Å². The first-order valence-electron chi connectivity index (χ1n) is 7.67. The molecule has 1 aliphatic carbocycles. The lowest BCUT2D eigenvalue weighted by molar-refractivity contribution is 0.326. The minimum absolute atomic E-state index is 0.0988. The molecule has 0 spiro atoms. The fourth-order valence-electron chi connectivity index (χ4n) is 3.15. The van der Waals surface area contributed by atoms with E-state index in [1.165, 1.54) is 25.8 Å². The average Bonchev–Trinajstić information content (AvgIpc) is 3.09. The minimum Gasteiger partial charge on any atom is -0.381 e. The fourth-order valence-corrected chi connectivity index (χ4v) is 3.15. The van der Waals surface area contributed by atoms with Crippen LogP contribution in [-0.4, -0.2) is 40.3 Å². The molecule has 1 atom stereocenters. The Bertz CT molecular complexity index is 668. The summed E-state index contributed by atoms with van der Waals surface area (Å²) in [4.78, 5) is 13.8. The Labute approximate surface area is 123 Å². The molecule has 0 bridgehead atoms. The highest BCUT2D eigenvalue weighted by Crippen LogP contribution is 2.30. The molecule has 0 amide bonds. The molecule has 2 fully saturated rings. The normalized spacial score (nSPS) is 22.6. The molecule has 1 unspecified atom stereocenters. The lowest BCUT2D eigenvalue weighted by atomic mass is 10.1. The van der Waals surface area contributed by atoms with Gasteiger partial charge in [0.1, 0.15) is 0 Å². The van der Waals surface area contributed by atoms with E-state index in [0.29, 0.717) is 6.04 Å². The summed E-state index contributed by atoms with van der Waals surface area (Å²) in [6, 6.07) is 11.2. The molecule has 0 radical (unpaired) electrons. The van der Waals surface area contributed by atoms with E-state index < -0.39 is 0 Å². The number of hydrogen-bond acceptors (Lipinski definition) is 3. The molecule has 2 aliphatic rings. The third kappa shape index (κ3) is 2.74. The van der Waals surface area contributed by atoms with Crippen molar-refractivity contribution in [1.29, 1.82) is 0 Å². The van der Waals surface area contributed by atoms with Crippen molar-refractivity contribution in [2.75, 3.05) is 18.4 Å². The number of H-pyrrole nitrogens is 2. The van der Waals surface area contributed by atoms with Gasteiger partial charge in [-0.15, -0.1) is 0 Å². The van der Waals surface area contributed by atoms with Crippen molar-refractivity contribution in [3.63, 3.8) is 0 Å². The van der Waals surface area contributed by atoms with Gasteiger partial charge in [-0.25, -0.2) is 0 Å². The van der Waals surface area contributed by atoms with Crippen molar-refractivity contribution in [2.24, 2.45) is 0 Å². The molecule has 3 N–H and O–H groups in total. The first-order valence-corrected chi connectivity index (χ1v) is 7.67. The third-order valence-electron chi connectivity index (χ3n) is 4.45. The Morgan fingerprint density at radius 3 is 2.57 bits per heavy atom. The molecule has 2 heterocycles. The standard InChI is InChI=1S/C16H20N4O/c21-16-9-15(18-19-16)11-1-3-12(4-2-11)17-13-7-8-20(10-13)14-5-6-14/h1-4,9,13-14,17H,5-8,10H2,(H2,18,19,21). The number of benzene rings is 1. The molecule has 5 nitrogen and oxygen atoms in total. The number of likely N-dealkylation sites (tertiary alicyclic amines) is 1. The predicted molar refractivity (Wildman–Crippen MR) is 83.5 cm³/mol. The summed E-state index contributed by atoms with van der Waals surface area (Å²) in [5, 5.41) is 9.05. The van der Waals surface area contributed by atoms with Gasteiger partial charge in [-0.1, -0.05) is 12.1 Å². The first-order chi connectivity index (χ1) is 10.3. The zero-order valence-corrected chi connectivity index (χ0v) is 11.9. The Kier molecular flexibility index (Phi) is 3.07. The summed E-state index contributed by atoms with van der Waals surface area (Å²) in [6.07, 6.45) is 4.00. The van der Waals surface area contributed by atoms with E-state index in [2.05, 4.69) is 32.5 Å². The highest BCUT2D eigenvalue weighted by Gasteiger charge is 2.34. The van der Waals surface area contributed by atoms with Crippen LogP contribution < -0.4 is 10.9 Å². The zero-order chi connectivity index (χ0) is 14.2. The number of aromatic nitrogens is 2. The van der Waals surface area contributed by atoms with Gasteiger partial charge in [0.25, 0.3) is 5.56 Å².